The Kier molecular flexibility index (Phi) is 9.68. The van der Waals surface area contributed by atoms with E-state index in [1.165, 1.54) is 19.3 Å². The fraction of sp³-hybridized carbons (Fsp3) is 0.478. The summed E-state index contributed by atoms with van der Waals surface area (Å²) in [6.07, 6.45) is 5.46. The third-order valence-electron chi connectivity index (χ3n) is 4.93. The summed E-state index contributed by atoms with van der Waals surface area (Å²) in [7, 11) is -3.48. The molecule has 2 aromatic carbocycles. The first-order valence-corrected chi connectivity index (χ1v) is 11.8. The normalized spacial score (nSPS) is 12.8. The summed E-state index contributed by atoms with van der Waals surface area (Å²) < 4.78 is 33.3. The van der Waals surface area contributed by atoms with Gasteiger partial charge < -0.3 is 4.74 Å². The molecule has 0 aliphatic carbocycles. The van der Waals surface area contributed by atoms with Crippen LogP contribution in [0.5, 0.6) is 0 Å². The SMILES string of the molecule is CCCCC(CC)COCCCNS(=O)(=O)c1ccc(-c2ccccc2)cc1. The van der Waals surface area contributed by atoms with Crippen LogP contribution in [0.3, 0.4) is 0 Å². The maximum Gasteiger partial charge on any atom is 0.240 e. The average molecular weight is 404 g/mol. The number of nitrogens with one attached hydrogen (secondary N) is 1. The van der Waals surface area contributed by atoms with Gasteiger partial charge in [0, 0.05) is 19.8 Å². The first kappa shape index (κ1) is 22.6. The Morgan fingerprint density at radius 2 is 1.61 bits per heavy atom. The van der Waals surface area contributed by atoms with Gasteiger partial charge in [0.2, 0.25) is 10.0 Å². The maximum absolute atomic E-state index is 12.4. The number of unbranched alkanes of at least 4 members (excludes halogenated alkanes) is 1. The molecule has 0 aromatic heterocycles. The zero-order chi connectivity index (χ0) is 20.2. The van der Waals surface area contributed by atoms with Gasteiger partial charge in [-0.2, -0.15) is 0 Å². The highest BCUT2D eigenvalue weighted by Gasteiger charge is 2.13. The highest BCUT2D eigenvalue weighted by molar-refractivity contribution is 7.89. The minimum atomic E-state index is -3.48. The van der Waals surface area contributed by atoms with Crippen LogP contribution in [0, 0.1) is 5.92 Å². The second kappa shape index (κ2) is 12.0. The van der Waals surface area contributed by atoms with E-state index in [1.807, 2.05) is 42.5 Å². The molecular formula is C23H33NO3S. The van der Waals surface area contributed by atoms with Crippen molar-refractivity contribution in [3.63, 3.8) is 0 Å². The molecule has 4 nitrogen and oxygen atoms in total. The van der Waals surface area contributed by atoms with Crippen LogP contribution in [0.2, 0.25) is 0 Å². The Hall–Kier alpha value is -1.69. The highest BCUT2D eigenvalue weighted by atomic mass is 32.2. The van der Waals surface area contributed by atoms with Crippen molar-refractivity contribution in [2.75, 3.05) is 19.8 Å². The topological polar surface area (TPSA) is 55.4 Å². The first-order valence-electron chi connectivity index (χ1n) is 10.3. The van der Waals surface area contributed by atoms with Crippen LogP contribution < -0.4 is 4.72 Å². The van der Waals surface area contributed by atoms with Crippen molar-refractivity contribution >= 4 is 10.0 Å². The van der Waals surface area contributed by atoms with Gasteiger partial charge in [0.05, 0.1) is 4.90 Å². The van der Waals surface area contributed by atoms with Crippen LogP contribution in [-0.4, -0.2) is 28.2 Å². The van der Waals surface area contributed by atoms with Crippen LogP contribution in [0.15, 0.2) is 59.5 Å². The highest BCUT2D eigenvalue weighted by Crippen LogP contribution is 2.21. The molecular weight excluding hydrogens is 370 g/mol. The van der Waals surface area contributed by atoms with E-state index in [1.54, 1.807) is 12.1 Å². The fourth-order valence-electron chi connectivity index (χ4n) is 3.07. The second-order valence-corrected chi connectivity index (χ2v) is 8.90. The number of benzene rings is 2. The van der Waals surface area contributed by atoms with Gasteiger partial charge in [-0.3, -0.25) is 0 Å². The lowest BCUT2D eigenvalue weighted by atomic mass is 10.0. The summed E-state index contributed by atoms with van der Waals surface area (Å²) in [6, 6.07) is 16.9. The van der Waals surface area contributed by atoms with Crippen molar-refractivity contribution in [1.82, 2.24) is 4.72 Å². The van der Waals surface area contributed by atoms with Crippen molar-refractivity contribution in [1.29, 1.82) is 0 Å². The molecule has 0 spiro atoms. The van der Waals surface area contributed by atoms with Gasteiger partial charge in [-0.25, -0.2) is 13.1 Å². The summed E-state index contributed by atoms with van der Waals surface area (Å²) >= 11 is 0. The number of ether oxygens (including phenoxy) is 1. The summed E-state index contributed by atoms with van der Waals surface area (Å²) in [6.45, 7) is 6.13. The molecule has 5 heteroatoms. The second-order valence-electron chi connectivity index (χ2n) is 7.13. The monoisotopic (exact) mass is 403 g/mol. The van der Waals surface area contributed by atoms with Gasteiger partial charge in [0.25, 0.3) is 0 Å². The van der Waals surface area contributed by atoms with Gasteiger partial charge in [0.15, 0.2) is 0 Å². The molecule has 2 rings (SSSR count). The third kappa shape index (κ3) is 7.38. The van der Waals surface area contributed by atoms with Gasteiger partial charge in [-0.05, 0) is 42.0 Å². The average Bonchev–Trinajstić information content (AvgIpc) is 2.73. The van der Waals surface area contributed by atoms with E-state index in [9.17, 15) is 8.42 Å². The Labute approximate surface area is 170 Å². The largest absolute Gasteiger partial charge is 0.381 e. The molecule has 28 heavy (non-hydrogen) atoms. The van der Waals surface area contributed by atoms with Gasteiger partial charge >= 0.3 is 0 Å². The number of sulfonamides is 1. The van der Waals surface area contributed by atoms with Crippen molar-refractivity contribution in [3.8, 4) is 11.1 Å². The molecule has 0 bridgehead atoms. The summed E-state index contributed by atoms with van der Waals surface area (Å²) in [4.78, 5) is 0.290. The van der Waals surface area contributed by atoms with Crippen LogP contribution in [0.1, 0.15) is 46.0 Å². The predicted octanol–water partition coefficient (Wildman–Crippen LogP) is 5.26. The quantitative estimate of drug-likeness (QED) is 0.464. The molecule has 0 radical (unpaired) electrons. The first-order chi connectivity index (χ1) is 13.6. The Morgan fingerprint density at radius 1 is 0.929 bits per heavy atom. The van der Waals surface area contributed by atoms with Crippen LogP contribution in [-0.2, 0) is 14.8 Å². The van der Waals surface area contributed by atoms with E-state index >= 15 is 0 Å². The molecule has 154 valence electrons. The van der Waals surface area contributed by atoms with E-state index in [0.717, 1.165) is 24.2 Å². The summed E-state index contributed by atoms with van der Waals surface area (Å²) in [5.74, 6) is 0.611. The molecule has 0 saturated carbocycles. The summed E-state index contributed by atoms with van der Waals surface area (Å²) in [5.41, 5.74) is 2.07. The number of hydrogen-bond acceptors (Lipinski definition) is 3. The summed E-state index contributed by atoms with van der Waals surface area (Å²) in [5, 5.41) is 0. The van der Waals surface area contributed by atoms with E-state index in [2.05, 4.69) is 18.6 Å². The lowest BCUT2D eigenvalue weighted by molar-refractivity contribution is 0.0928. The van der Waals surface area contributed by atoms with Gasteiger partial charge in [-0.15, -0.1) is 0 Å². The van der Waals surface area contributed by atoms with E-state index in [0.29, 0.717) is 30.4 Å². The molecule has 1 unspecified atom stereocenters. The molecule has 0 aliphatic rings. The van der Waals surface area contributed by atoms with E-state index in [4.69, 9.17) is 4.74 Å². The van der Waals surface area contributed by atoms with Gasteiger partial charge in [0.1, 0.15) is 0 Å². The molecule has 1 N–H and O–H groups in total. The number of hydrogen-bond donors (Lipinski definition) is 1. The Morgan fingerprint density at radius 3 is 2.25 bits per heavy atom. The molecule has 0 fully saturated rings. The van der Waals surface area contributed by atoms with Gasteiger partial charge in [-0.1, -0.05) is 75.6 Å². The van der Waals surface area contributed by atoms with Crippen molar-refractivity contribution < 1.29 is 13.2 Å². The minimum absolute atomic E-state index is 0.290. The zero-order valence-electron chi connectivity index (χ0n) is 17.1. The number of rotatable bonds is 13. The van der Waals surface area contributed by atoms with Crippen molar-refractivity contribution in [2.45, 2.75) is 50.8 Å². The smallest absolute Gasteiger partial charge is 0.240 e. The van der Waals surface area contributed by atoms with Crippen molar-refractivity contribution in [3.05, 3.63) is 54.6 Å². The molecule has 0 amide bonds. The van der Waals surface area contributed by atoms with Crippen molar-refractivity contribution in [2.24, 2.45) is 5.92 Å². The third-order valence-corrected chi connectivity index (χ3v) is 6.40. The predicted molar refractivity (Wildman–Crippen MR) is 116 cm³/mol. The lowest BCUT2D eigenvalue weighted by Gasteiger charge is -2.14. The molecule has 0 heterocycles. The lowest BCUT2D eigenvalue weighted by Crippen LogP contribution is -2.25. The van der Waals surface area contributed by atoms with E-state index < -0.39 is 10.0 Å². The zero-order valence-corrected chi connectivity index (χ0v) is 17.9. The molecule has 2 aromatic rings. The fourth-order valence-corrected chi connectivity index (χ4v) is 4.14. The molecule has 0 aliphatic heterocycles. The van der Waals surface area contributed by atoms with Crippen LogP contribution >= 0.6 is 0 Å². The molecule has 0 saturated heterocycles. The van der Waals surface area contributed by atoms with Crippen LogP contribution in [0.25, 0.3) is 11.1 Å². The van der Waals surface area contributed by atoms with E-state index in [-0.39, 0.29) is 0 Å². The minimum Gasteiger partial charge on any atom is -0.381 e. The Bertz CT molecular complexity index is 773. The molecule has 1 atom stereocenters. The maximum atomic E-state index is 12.4. The Balaban J connectivity index is 1.75. The van der Waals surface area contributed by atoms with Crippen LogP contribution in [0.4, 0.5) is 0 Å². The standard InChI is InChI=1S/C23H33NO3S/c1-3-5-10-20(4-2)19-27-18-9-17-24-28(25,26)23-15-13-22(14-16-23)21-11-7-6-8-12-21/h6-8,11-16,20,24H,3-5,9-10,17-19H2,1-2H3.